The van der Waals surface area contributed by atoms with Crippen LogP contribution in [0.1, 0.15) is 30.0 Å². The molecular formula is C16H18BrN3O. The highest BCUT2D eigenvalue weighted by Gasteiger charge is 2.09. The minimum atomic E-state index is -0.123. The second kappa shape index (κ2) is 7.33. The molecule has 4 nitrogen and oxygen atoms in total. The lowest BCUT2D eigenvalue weighted by Crippen LogP contribution is -2.16. The summed E-state index contributed by atoms with van der Waals surface area (Å²) < 4.78 is 0.784. The van der Waals surface area contributed by atoms with Gasteiger partial charge in [-0.25, -0.2) is 4.98 Å². The number of amides is 1. The van der Waals surface area contributed by atoms with Crippen molar-refractivity contribution < 1.29 is 4.79 Å². The molecule has 0 aliphatic rings. The highest BCUT2D eigenvalue weighted by atomic mass is 79.9. The summed E-state index contributed by atoms with van der Waals surface area (Å²) in [6, 6.07) is 11.6. The topological polar surface area (TPSA) is 68.0 Å². The van der Waals surface area contributed by atoms with E-state index in [0.29, 0.717) is 18.5 Å². The summed E-state index contributed by atoms with van der Waals surface area (Å²) in [5, 5.41) is 2.84. The van der Waals surface area contributed by atoms with Crippen LogP contribution in [0.5, 0.6) is 0 Å². The first-order valence-electron chi connectivity index (χ1n) is 6.79. The van der Waals surface area contributed by atoms with E-state index >= 15 is 0 Å². The van der Waals surface area contributed by atoms with E-state index in [1.165, 1.54) is 0 Å². The molecule has 0 spiro atoms. The maximum absolute atomic E-state index is 11.9. The van der Waals surface area contributed by atoms with Gasteiger partial charge in [-0.2, -0.15) is 0 Å². The normalized spacial score (nSPS) is 12.0. The fourth-order valence-corrected chi connectivity index (χ4v) is 2.22. The molecule has 0 radical (unpaired) electrons. The summed E-state index contributed by atoms with van der Waals surface area (Å²) in [6.45, 7) is 1.93. The number of carbonyl (C=O) groups excluding carboxylic acids is 1. The number of aryl methyl sites for hydroxylation is 1. The Bertz CT molecular complexity index is 616. The van der Waals surface area contributed by atoms with E-state index < -0.39 is 0 Å². The minimum absolute atomic E-state index is 0.0510. The molecule has 1 unspecified atom stereocenters. The van der Waals surface area contributed by atoms with Crippen LogP contribution in [0.3, 0.4) is 0 Å². The highest BCUT2D eigenvalue weighted by molar-refractivity contribution is 9.10. The first-order chi connectivity index (χ1) is 10.1. The lowest BCUT2D eigenvalue weighted by Gasteiger charge is -2.12. The predicted molar refractivity (Wildman–Crippen MR) is 87.9 cm³/mol. The van der Waals surface area contributed by atoms with Gasteiger partial charge in [-0.3, -0.25) is 4.79 Å². The zero-order chi connectivity index (χ0) is 15.2. The van der Waals surface area contributed by atoms with Gasteiger partial charge < -0.3 is 11.1 Å². The van der Waals surface area contributed by atoms with Gasteiger partial charge in [-0.05, 0) is 46.5 Å². The second-order valence-electron chi connectivity index (χ2n) is 4.94. The Hall–Kier alpha value is -1.72. The van der Waals surface area contributed by atoms with Crippen molar-refractivity contribution in [3.05, 3.63) is 58.3 Å². The number of nitrogens with one attached hydrogen (secondary N) is 1. The van der Waals surface area contributed by atoms with Crippen molar-refractivity contribution in [2.75, 3.05) is 5.32 Å². The van der Waals surface area contributed by atoms with Crippen LogP contribution in [0.4, 0.5) is 5.69 Å². The van der Waals surface area contributed by atoms with Gasteiger partial charge in [0, 0.05) is 12.5 Å². The number of anilines is 1. The predicted octanol–water partition coefficient (Wildman–Crippen LogP) is 3.57. The van der Waals surface area contributed by atoms with Crippen molar-refractivity contribution in [1.29, 1.82) is 0 Å². The van der Waals surface area contributed by atoms with E-state index in [9.17, 15) is 4.79 Å². The van der Waals surface area contributed by atoms with E-state index in [-0.39, 0.29) is 11.9 Å². The largest absolute Gasteiger partial charge is 0.325 e. The number of pyridine rings is 1. The smallest absolute Gasteiger partial charge is 0.224 e. The van der Waals surface area contributed by atoms with Crippen LogP contribution in [0.15, 0.2) is 47.2 Å². The lowest BCUT2D eigenvalue weighted by atomic mass is 10.0. The molecule has 0 bridgehead atoms. The molecule has 21 heavy (non-hydrogen) atoms. The lowest BCUT2D eigenvalue weighted by molar-refractivity contribution is -0.116. The maximum atomic E-state index is 11.9. The van der Waals surface area contributed by atoms with E-state index in [1.807, 2.05) is 43.3 Å². The van der Waals surface area contributed by atoms with Crippen molar-refractivity contribution in [2.24, 2.45) is 5.73 Å². The molecule has 2 aromatic rings. The fourth-order valence-electron chi connectivity index (χ4n) is 2.00. The maximum Gasteiger partial charge on any atom is 0.224 e. The molecule has 1 heterocycles. The van der Waals surface area contributed by atoms with Crippen molar-refractivity contribution >= 4 is 27.5 Å². The number of rotatable bonds is 5. The van der Waals surface area contributed by atoms with Crippen LogP contribution in [0.2, 0.25) is 0 Å². The number of nitrogens with zero attached hydrogens (tertiary/aromatic N) is 1. The molecule has 0 saturated heterocycles. The quantitative estimate of drug-likeness (QED) is 0.812. The molecule has 5 heteroatoms. The Morgan fingerprint density at radius 3 is 2.76 bits per heavy atom. The van der Waals surface area contributed by atoms with Crippen LogP contribution in [-0.2, 0) is 4.79 Å². The number of carbonyl (C=O) groups is 1. The van der Waals surface area contributed by atoms with Gasteiger partial charge >= 0.3 is 0 Å². The minimum Gasteiger partial charge on any atom is -0.325 e. The Labute approximate surface area is 132 Å². The van der Waals surface area contributed by atoms with Crippen molar-refractivity contribution in [3.8, 4) is 0 Å². The summed E-state index contributed by atoms with van der Waals surface area (Å²) in [4.78, 5) is 16.1. The zero-order valence-corrected chi connectivity index (χ0v) is 13.4. The number of hydrogen-bond acceptors (Lipinski definition) is 3. The number of hydrogen-bond donors (Lipinski definition) is 2. The Balaban J connectivity index is 1.86. The first-order valence-corrected chi connectivity index (χ1v) is 7.58. The molecule has 1 atom stereocenters. The van der Waals surface area contributed by atoms with Crippen LogP contribution in [-0.4, -0.2) is 10.9 Å². The fraction of sp³-hybridized carbons (Fsp3) is 0.250. The molecule has 1 aromatic heterocycles. The van der Waals surface area contributed by atoms with E-state index in [4.69, 9.17) is 5.73 Å². The summed E-state index contributed by atoms with van der Waals surface area (Å²) in [6.07, 6.45) is 2.62. The van der Waals surface area contributed by atoms with Crippen molar-refractivity contribution in [2.45, 2.75) is 25.8 Å². The van der Waals surface area contributed by atoms with E-state index in [2.05, 4.69) is 26.2 Å². The van der Waals surface area contributed by atoms with Crippen LogP contribution >= 0.6 is 15.9 Å². The number of nitrogens with two attached hydrogens (primary N) is 1. The third kappa shape index (κ3) is 4.65. The number of benzene rings is 1. The van der Waals surface area contributed by atoms with Crippen molar-refractivity contribution in [3.63, 3.8) is 0 Å². The number of halogens is 1. The standard InChI is InChI=1S/C16H18BrN3O/c1-11-9-13(10-19-16(11)17)20-15(21)8-7-14(18)12-5-3-2-4-6-12/h2-6,9-10,14H,7-8,18H2,1H3,(H,20,21). The van der Waals surface area contributed by atoms with Crippen molar-refractivity contribution in [1.82, 2.24) is 4.98 Å². The summed E-state index contributed by atoms with van der Waals surface area (Å²) in [7, 11) is 0. The third-order valence-corrected chi connectivity index (χ3v) is 4.04. The average molecular weight is 348 g/mol. The van der Waals surface area contributed by atoms with E-state index in [0.717, 1.165) is 15.7 Å². The Kier molecular flexibility index (Phi) is 5.47. The van der Waals surface area contributed by atoms with Gasteiger partial charge in [-0.15, -0.1) is 0 Å². The molecule has 110 valence electrons. The van der Waals surface area contributed by atoms with Gasteiger partial charge in [-0.1, -0.05) is 30.3 Å². The van der Waals surface area contributed by atoms with Gasteiger partial charge in [0.1, 0.15) is 4.60 Å². The third-order valence-electron chi connectivity index (χ3n) is 3.21. The van der Waals surface area contributed by atoms with Crippen LogP contribution in [0, 0.1) is 6.92 Å². The van der Waals surface area contributed by atoms with Gasteiger partial charge in [0.15, 0.2) is 0 Å². The van der Waals surface area contributed by atoms with Gasteiger partial charge in [0.05, 0.1) is 11.9 Å². The molecule has 2 rings (SSSR count). The SMILES string of the molecule is Cc1cc(NC(=O)CCC(N)c2ccccc2)cnc1Br. The van der Waals surface area contributed by atoms with Gasteiger partial charge in [0.25, 0.3) is 0 Å². The Morgan fingerprint density at radius 1 is 1.38 bits per heavy atom. The summed E-state index contributed by atoms with van der Waals surface area (Å²) in [5.41, 5.74) is 8.81. The molecule has 0 fully saturated rings. The molecule has 0 saturated carbocycles. The molecule has 0 aliphatic heterocycles. The molecule has 3 N–H and O–H groups in total. The zero-order valence-electron chi connectivity index (χ0n) is 11.8. The number of aromatic nitrogens is 1. The molecule has 1 amide bonds. The molecule has 1 aromatic carbocycles. The van der Waals surface area contributed by atoms with Crippen LogP contribution < -0.4 is 11.1 Å². The van der Waals surface area contributed by atoms with Crippen LogP contribution in [0.25, 0.3) is 0 Å². The summed E-state index contributed by atoms with van der Waals surface area (Å²) >= 11 is 3.33. The average Bonchev–Trinajstić information content (AvgIpc) is 2.49. The van der Waals surface area contributed by atoms with E-state index in [1.54, 1.807) is 6.20 Å². The second-order valence-corrected chi connectivity index (χ2v) is 5.69. The monoisotopic (exact) mass is 347 g/mol. The first kappa shape index (κ1) is 15.7. The molecular weight excluding hydrogens is 330 g/mol. The summed E-state index contributed by atoms with van der Waals surface area (Å²) in [5.74, 6) is -0.0510. The highest BCUT2D eigenvalue weighted by Crippen LogP contribution is 2.18. The van der Waals surface area contributed by atoms with Gasteiger partial charge in [0.2, 0.25) is 5.91 Å². The molecule has 0 aliphatic carbocycles. The Morgan fingerprint density at radius 2 is 2.10 bits per heavy atom.